The third kappa shape index (κ3) is 4.18. The molecule has 0 unspecified atom stereocenters. The Kier molecular flexibility index (Phi) is 6.06. The normalized spacial score (nSPS) is 10.4. The molecule has 1 aromatic carbocycles. The van der Waals surface area contributed by atoms with Crippen molar-refractivity contribution >= 4 is 51.4 Å². The van der Waals surface area contributed by atoms with Crippen LogP contribution in [-0.4, -0.2) is 18.4 Å². The van der Waals surface area contributed by atoms with E-state index in [1.807, 2.05) is 6.92 Å². The molecule has 6 nitrogen and oxygen atoms in total. The van der Waals surface area contributed by atoms with Gasteiger partial charge in [-0.3, -0.25) is 15.0 Å². The molecule has 24 heavy (non-hydrogen) atoms. The van der Waals surface area contributed by atoms with E-state index >= 15 is 0 Å². The standard InChI is InChI=1S/C15H15Cl2N3O3S/c1-7-8(2)24-15(13(7)14(22)20-18)19-12(21)6-23-9-3-4-10(16)11(17)5-9/h3-5H,6,18H2,1-2H3,(H,19,21)(H,20,22). The number of hydrogen-bond acceptors (Lipinski definition) is 5. The Morgan fingerprint density at radius 2 is 1.96 bits per heavy atom. The zero-order chi connectivity index (χ0) is 17.9. The molecular formula is C15H15Cl2N3O3S. The van der Waals surface area contributed by atoms with Crippen molar-refractivity contribution in [3.8, 4) is 5.75 Å². The van der Waals surface area contributed by atoms with Gasteiger partial charge in [0.15, 0.2) is 6.61 Å². The third-order valence-electron chi connectivity index (χ3n) is 3.26. The molecule has 0 saturated carbocycles. The Bertz CT molecular complexity index is 793. The Hall–Kier alpha value is -1.80. The zero-order valence-corrected chi connectivity index (χ0v) is 15.2. The quantitative estimate of drug-likeness (QED) is 0.416. The van der Waals surface area contributed by atoms with Gasteiger partial charge >= 0.3 is 0 Å². The second-order valence-electron chi connectivity index (χ2n) is 4.87. The molecule has 1 heterocycles. The second-order valence-corrected chi connectivity index (χ2v) is 6.91. The number of anilines is 1. The average Bonchev–Trinajstić information content (AvgIpc) is 2.82. The van der Waals surface area contributed by atoms with Crippen LogP contribution in [0.25, 0.3) is 0 Å². The molecule has 2 rings (SSSR count). The fraction of sp³-hybridized carbons (Fsp3) is 0.200. The molecule has 0 bridgehead atoms. The first-order valence-electron chi connectivity index (χ1n) is 6.82. The Morgan fingerprint density at radius 1 is 1.25 bits per heavy atom. The molecule has 0 saturated heterocycles. The van der Waals surface area contributed by atoms with Crippen LogP contribution in [0.5, 0.6) is 5.75 Å². The Balaban J connectivity index is 2.06. The summed E-state index contributed by atoms with van der Waals surface area (Å²) in [5.74, 6) is 4.73. The van der Waals surface area contributed by atoms with Crippen LogP contribution in [0.2, 0.25) is 10.0 Å². The molecule has 128 valence electrons. The topological polar surface area (TPSA) is 93.4 Å². The monoisotopic (exact) mass is 387 g/mol. The van der Waals surface area contributed by atoms with Gasteiger partial charge in [-0.2, -0.15) is 0 Å². The number of ether oxygens (including phenoxy) is 1. The molecule has 0 fully saturated rings. The van der Waals surface area contributed by atoms with E-state index < -0.39 is 11.8 Å². The van der Waals surface area contributed by atoms with E-state index in [9.17, 15) is 9.59 Å². The summed E-state index contributed by atoms with van der Waals surface area (Å²) in [5, 5.41) is 3.82. The van der Waals surface area contributed by atoms with Gasteiger partial charge in [0.1, 0.15) is 10.8 Å². The molecule has 0 spiro atoms. The SMILES string of the molecule is Cc1sc(NC(=O)COc2ccc(Cl)c(Cl)c2)c(C(=O)NN)c1C. The summed E-state index contributed by atoms with van der Waals surface area (Å²) < 4.78 is 5.36. The summed E-state index contributed by atoms with van der Waals surface area (Å²) in [4.78, 5) is 24.8. The first-order valence-corrected chi connectivity index (χ1v) is 8.39. The first kappa shape index (κ1) is 18.5. The summed E-state index contributed by atoms with van der Waals surface area (Å²) in [6.07, 6.45) is 0. The summed E-state index contributed by atoms with van der Waals surface area (Å²) in [5.41, 5.74) is 3.19. The first-order chi connectivity index (χ1) is 11.3. The Labute approximate surface area is 152 Å². The number of aryl methyl sites for hydroxylation is 1. The van der Waals surface area contributed by atoms with E-state index in [1.54, 1.807) is 19.1 Å². The van der Waals surface area contributed by atoms with E-state index in [0.717, 1.165) is 10.4 Å². The van der Waals surface area contributed by atoms with Crippen LogP contribution in [0.4, 0.5) is 5.00 Å². The van der Waals surface area contributed by atoms with Crippen molar-refractivity contribution in [2.24, 2.45) is 5.84 Å². The highest BCUT2D eigenvalue weighted by molar-refractivity contribution is 7.16. The molecule has 4 N–H and O–H groups in total. The number of halogens is 2. The summed E-state index contributed by atoms with van der Waals surface area (Å²) in [6.45, 7) is 3.41. The number of carbonyl (C=O) groups excluding carboxylic acids is 2. The van der Waals surface area contributed by atoms with Crippen LogP contribution in [0.15, 0.2) is 18.2 Å². The smallest absolute Gasteiger partial charge is 0.268 e. The maximum atomic E-state index is 12.1. The van der Waals surface area contributed by atoms with E-state index in [0.29, 0.717) is 26.4 Å². The van der Waals surface area contributed by atoms with Crippen molar-refractivity contribution in [3.63, 3.8) is 0 Å². The summed E-state index contributed by atoms with van der Waals surface area (Å²) in [6, 6.07) is 4.70. The van der Waals surface area contributed by atoms with Crippen molar-refractivity contribution in [1.82, 2.24) is 5.43 Å². The number of nitrogens with one attached hydrogen (secondary N) is 2. The molecule has 0 radical (unpaired) electrons. The molecule has 1 aromatic heterocycles. The van der Waals surface area contributed by atoms with E-state index in [1.165, 1.54) is 17.4 Å². The number of carbonyl (C=O) groups is 2. The molecule has 2 aromatic rings. The fourth-order valence-electron chi connectivity index (χ4n) is 1.94. The number of hydrogen-bond donors (Lipinski definition) is 3. The highest BCUT2D eigenvalue weighted by atomic mass is 35.5. The number of benzene rings is 1. The van der Waals surface area contributed by atoms with Gasteiger partial charge < -0.3 is 10.1 Å². The van der Waals surface area contributed by atoms with Gasteiger partial charge in [-0.25, -0.2) is 5.84 Å². The maximum absolute atomic E-state index is 12.1. The lowest BCUT2D eigenvalue weighted by molar-refractivity contribution is -0.118. The molecule has 0 atom stereocenters. The van der Waals surface area contributed by atoms with Gasteiger partial charge in [0, 0.05) is 10.9 Å². The summed E-state index contributed by atoms with van der Waals surface area (Å²) in [7, 11) is 0. The van der Waals surface area contributed by atoms with Gasteiger partial charge in [0.05, 0.1) is 15.6 Å². The third-order valence-corrected chi connectivity index (χ3v) is 5.12. The second kappa shape index (κ2) is 7.85. The van der Waals surface area contributed by atoms with Gasteiger partial charge in [-0.05, 0) is 31.5 Å². The number of amides is 2. The average molecular weight is 388 g/mol. The van der Waals surface area contributed by atoms with Crippen LogP contribution in [0, 0.1) is 13.8 Å². The van der Waals surface area contributed by atoms with Gasteiger partial charge in [-0.1, -0.05) is 23.2 Å². The van der Waals surface area contributed by atoms with E-state index in [2.05, 4.69) is 10.7 Å². The predicted octanol–water partition coefficient (Wildman–Crippen LogP) is 3.29. The highest BCUT2D eigenvalue weighted by Gasteiger charge is 2.20. The fourth-order valence-corrected chi connectivity index (χ4v) is 3.30. The lowest BCUT2D eigenvalue weighted by Crippen LogP contribution is -2.31. The van der Waals surface area contributed by atoms with Crippen molar-refractivity contribution in [2.75, 3.05) is 11.9 Å². The molecular weight excluding hydrogens is 373 g/mol. The molecule has 0 aliphatic rings. The van der Waals surface area contributed by atoms with E-state index in [4.69, 9.17) is 33.8 Å². The zero-order valence-electron chi connectivity index (χ0n) is 12.9. The lowest BCUT2D eigenvalue weighted by atomic mass is 10.1. The van der Waals surface area contributed by atoms with Crippen LogP contribution >= 0.6 is 34.5 Å². The number of thiophene rings is 1. The maximum Gasteiger partial charge on any atom is 0.268 e. The molecule has 9 heteroatoms. The number of hydrazine groups is 1. The lowest BCUT2D eigenvalue weighted by Gasteiger charge is -2.09. The van der Waals surface area contributed by atoms with Gasteiger partial charge in [0.2, 0.25) is 0 Å². The molecule has 0 aliphatic carbocycles. The van der Waals surface area contributed by atoms with Crippen LogP contribution in [0.1, 0.15) is 20.8 Å². The largest absolute Gasteiger partial charge is 0.484 e. The van der Waals surface area contributed by atoms with Crippen LogP contribution < -0.4 is 21.3 Å². The minimum Gasteiger partial charge on any atom is -0.484 e. The van der Waals surface area contributed by atoms with Gasteiger partial charge in [-0.15, -0.1) is 11.3 Å². The Morgan fingerprint density at radius 3 is 2.58 bits per heavy atom. The van der Waals surface area contributed by atoms with Crippen molar-refractivity contribution < 1.29 is 14.3 Å². The minimum atomic E-state index is -0.461. The highest BCUT2D eigenvalue weighted by Crippen LogP contribution is 2.32. The number of rotatable bonds is 5. The van der Waals surface area contributed by atoms with E-state index in [-0.39, 0.29) is 6.61 Å². The number of nitrogens with two attached hydrogens (primary N) is 1. The molecule has 0 aliphatic heterocycles. The van der Waals surface area contributed by atoms with Gasteiger partial charge in [0.25, 0.3) is 11.8 Å². The van der Waals surface area contributed by atoms with Crippen molar-refractivity contribution in [2.45, 2.75) is 13.8 Å². The minimum absolute atomic E-state index is 0.238. The van der Waals surface area contributed by atoms with Crippen LogP contribution in [-0.2, 0) is 4.79 Å². The van der Waals surface area contributed by atoms with Crippen molar-refractivity contribution in [1.29, 1.82) is 0 Å². The number of nitrogen functional groups attached to an aromatic ring is 1. The molecule has 2 amide bonds. The van der Waals surface area contributed by atoms with Crippen molar-refractivity contribution in [3.05, 3.63) is 44.2 Å². The predicted molar refractivity (Wildman–Crippen MR) is 96.0 cm³/mol. The summed E-state index contributed by atoms with van der Waals surface area (Å²) >= 11 is 13.0. The van der Waals surface area contributed by atoms with Crippen LogP contribution in [0.3, 0.4) is 0 Å².